The molecular weight excluding hydrogens is 362 g/mol. The molecule has 0 bridgehead atoms. The number of amides is 1. The standard InChI is InChI=1S/C13H17Br2NO2/c1-2-3-4-16(5-6-17)13(18)10-7-11(14)9-12(15)8-10/h7-9,17H,2-6H2,1H3. The van der Waals surface area contributed by atoms with Crippen molar-refractivity contribution in [3.05, 3.63) is 32.7 Å². The summed E-state index contributed by atoms with van der Waals surface area (Å²) in [6.45, 7) is 3.13. The Balaban J connectivity index is 2.86. The molecule has 3 nitrogen and oxygen atoms in total. The monoisotopic (exact) mass is 377 g/mol. The van der Waals surface area contributed by atoms with Gasteiger partial charge in [0.2, 0.25) is 0 Å². The fourth-order valence-corrected chi connectivity index (χ4v) is 2.94. The molecule has 1 amide bonds. The first-order valence-corrected chi connectivity index (χ1v) is 7.53. The van der Waals surface area contributed by atoms with E-state index in [4.69, 9.17) is 5.11 Å². The SMILES string of the molecule is CCCCN(CCO)C(=O)c1cc(Br)cc(Br)c1. The van der Waals surface area contributed by atoms with Crippen molar-refractivity contribution >= 4 is 37.8 Å². The van der Waals surface area contributed by atoms with Crippen LogP contribution < -0.4 is 0 Å². The van der Waals surface area contributed by atoms with E-state index in [-0.39, 0.29) is 12.5 Å². The number of carbonyl (C=O) groups excluding carboxylic acids is 1. The summed E-state index contributed by atoms with van der Waals surface area (Å²) in [4.78, 5) is 14.0. The topological polar surface area (TPSA) is 40.5 Å². The van der Waals surface area contributed by atoms with Crippen molar-refractivity contribution < 1.29 is 9.90 Å². The van der Waals surface area contributed by atoms with Gasteiger partial charge in [0, 0.05) is 27.6 Å². The number of hydrogen-bond donors (Lipinski definition) is 1. The molecule has 1 aromatic rings. The van der Waals surface area contributed by atoms with Crippen LogP contribution in [0.2, 0.25) is 0 Å². The maximum absolute atomic E-state index is 12.3. The molecule has 1 N–H and O–H groups in total. The smallest absolute Gasteiger partial charge is 0.254 e. The molecule has 5 heteroatoms. The van der Waals surface area contributed by atoms with E-state index in [9.17, 15) is 4.79 Å². The van der Waals surface area contributed by atoms with Gasteiger partial charge in [-0.3, -0.25) is 4.79 Å². The third-order valence-electron chi connectivity index (χ3n) is 2.55. The van der Waals surface area contributed by atoms with Crippen molar-refractivity contribution in [1.29, 1.82) is 0 Å². The Labute approximate surface area is 124 Å². The molecule has 100 valence electrons. The second kappa shape index (κ2) is 7.92. The van der Waals surface area contributed by atoms with Crippen molar-refractivity contribution in [3.63, 3.8) is 0 Å². The summed E-state index contributed by atoms with van der Waals surface area (Å²) in [5.41, 5.74) is 0.626. The average Bonchev–Trinajstić information content (AvgIpc) is 2.32. The molecule has 0 aliphatic rings. The van der Waals surface area contributed by atoms with Crippen molar-refractivity contribution in [2.45, 2.75) is 19.8 Å². The Morgan fingerprint density at radius 3 is 2.33 bits per heavy atom. The summed E-state index contributed by atoms with van der Waals surface area (Å²) in [5, 5.41) is 9.03. The van der Waals surface area contributed by atoms with Crippen LogP contribution in [0.5, 0.6) is 0 Å². The Morgan fingerprint density at radius 1 is 1.22 bits per heavy atom. The van der Waals surface area contributed by atoms with Crippen LogP contribution >= 0.6 is 31.9 Å². The number of hydrogen-bond acceptors (Lipinski definition) is 2. The lowest BCUT2D eigenvalue weighted by Gasteiger charge is -2.21. The van der Waals surface area contributed by atoms with Crippen LogP contribution in [0.1, 0.15) is 30.1 Å². The van der Waals surface area contributed by atoms with Gasteiger partial charge in [0.15, 0.2) is 0 Å². The molecule has 18 heavy (non-hydrogen) atoms. The van der Waals surface area contributed by atoms with E-state index in [1.807, 2.05) is 6.07 Å². The minimum atomic E-state index is -0.0421. The summed E-state index contributed by atoms with van der Waals surface area (Å²) in [6, 6.07) is 5.48. The van der Waals surface area contributed by atoms with Crippen molar-refractivity contribution in [2.75, 3.05) is 19.7 Å². The number of nitrogens with zero attached hydrogens (tertiary/aromatic N) is 1. The zero-order valence-electron chi connectivity index (χ0n) is 10.3. The highest BCUT2D eigenvalue weighted by Gasteiger charge is 2.15. The van der Waals surface area contributed by atoms with Crippen LogP contribution in [0.4, 0.5) is 0 Å². The van der Waals surface area contributed by atoms with Gasteiger partial charge in [-0.25, -0.2) is 0 Å². The molecule has 1 aromatic carbocycles. The highest BCUT2D eigenvalue weighted by atomic mass is 79.9. The quantitative estimate of drug-likeness (QED) is 0.823. The molecule has 0 spiro atoms. The molecule has 0 aliphatic carbocycles. The normalized spacial score (nSPS) is 10.4. The molecule has 0 radical (unpaired) electrons. The molecule has 0 saturated heterocycles. The minimum absolute atomic E-state index is 0.00930. The summed E-state index contributed by atoms with van der Waals surface area (Å²) in [7, 11) is 0. The zero-order chi connectivity index (χ0) is 13.5. The van der Waals surface area contributed by atoms with Gasteiger partial charge in [-0.05, 0) is 24.6 Å². The third kappa shape index (κ3) is 4.71. The maximum atomic E-state index is 12.3. The van der Waals surface area contributed by atoms with Gasteiger partial charge in [0.05, 0.1) is 6.61 Å². The van der Waals surface area contributed by atoms with Crippen LogP contribution in [0.25, 0.3) is 0 Å². The molecule has 0 atom stereocenters. The fourth-order valence-electron chi connectivity index (χ4n) is 1.64. The Hall–Kier alpha value is -0.390. The van der Waals surface area contributed by atoms with Crippen LogP contribution in [-0.4, -0.2) is 35.6 Å². The van der Waals surface area contributed by atoms with Gasteiger partial charge < -0.3 is 10.0 Å². The first-order chi connectivity index (χ1) is 8.58. The second-order valence-electron chi connectivity index (χ2n) is 4.03. The molecular formula is C13H17Br2NO2. The number of aliphatic hydroxyl groups excluding tert-OH is 1. The predicted molar refractivity (Wildman–Crippen MR) is 79.7 cm³/mol. The largest absolute Gasteiger partial charge is 0.395 e. The van der Waals surface area contributed by atoms with E-state index in [2.05, 4.69) is 38.8 Å². The Bertz CT molecular complexity index is 390. The van der Waals surface area contributed by atoms with Crippen LogP contribution in [-0.2, 0) is 0 Å². The van der Waals surface area contributed by atoms with E-state index in [0.29, 0.717) is 18.7 Å². The average molecular weight is 379 g/mol. The van der Waals surface area contributed by atoms with Crippen molar-refractivity contribution in [1.82, 2.24) is 4.90 Å². The highest BCUT2D eigenvalue weighted by molar-refractivity contribution is 9.11. The first-order valence-electron chi connectivity index (χ1n) is 5.94. The molecule has 0 heterocycles. The Kier molecular flexibility index (Phi) is 6.89. The van der Waals surface area contributed by atoms with Gasteiger partial charge in [-0.1, -0.05) is 45.2 Å². The van der Waals surface area contributed by atoms with E-state index in [1.54, 1.807) is 17.0 Å². The van der Waals surface area contributed by atoms with Crippen LogP contribution in [0.15, 0.2) is 27.1 Å². The van der Waals surface area contributed by atoms with E-state index in [0.717, 1.165) is 21.8 Å². The van der Waals surface area contributed by atoms with E-state index < -0.39 is 0 Å². The summed E-state index contributed by atoms with van der Waals surface area (Å²) in [6.07, 6.45) is 1.97. The van der Waals surface area contributed by atoms with E-state index in [1.165, 1.54) is 0 Å². The highest BCUT2D eigenvalue weighted by Crippen LogP contribution is 2.21. The third-order valence-corrected chi connectivity index (χ3v) is 3.46. The zero-order valence-corrected chi connectivity index (χ0v) is 13.5. The Morgan fingerprint density at radius 2 is 1.83 bits per heavy atom. The van der Waals surface area contributed by atoms with Crippen molar-refractivity contribution in [2.24, 2.45) is 0 Å². The van der Waals surface area contributed by atoms with Crippen LogP contribution in [0, 0.1) is 0 Å². The lowest BCUT2D eigenvalue weighted by Crippen LogP contribution is -2.34. The predicted octanol–water partition coefficient (Wildman–Crippen LogP) is 3.45. The number of unbranched alkanes of at least 4 members (excludes halogenated alkanes) is 1. The number of benzene rings is 1. The van der Waals surface area contributed by atoms with Gasteiger partial charge in [0.1, 0.15) is 0 Å². The van der Waals surface area contributed by atoms with Gasteiger partial charge in [-0.15, -0.1) is 0 Å². The summed E-state index contributed by atoms with van der Waals surface area (Å²) < 4.78 is 1.72. The summed E-state index contributed by atoms with van der Waals surface area (Å²) >= 11 is 6.74. The first kappa shape index (κ1) is 15.7. The van der Waals surface area contributed by atoms with Gasteiger partial charge >= 0.3 is 0 Å². The molecule has 1 rings (SSSR count). The summed E-state index contributed by atoms with van der Waals surface area (Å²) in [5.74, 6) is -0.0421. The lowest BCUT2D eigenvalue weighted by molar-refractivity contribution is 0.0719. The van der Waals surface area contributed by atoms with Gasteiger partial charge in [0.25, 0.3) is 5.91 Å². The van der Waals surface area contributed by atoms with Crippen LogP contribution in [0.3, 0.4) is 0 Å². The van der Waals surface area contributed by atoms with E-state index >= 15 is 0 Å². The number of aliphatic hydroxyl groups is 1. The van der Waals surface area contributed by atoms with Crippen molar-refractivity contribution in [3.8, 4) is 0 Å². The fraction of sp³-hybridized carbons (Fsp3) is 0.462. The molecule has 0 aliphatic heterocycles. The second-order valence-corrected chi connectivity index (χ2v) is 5.86. The lowest BCUT2D eigenvalue weighted by atomic mass is 10.2. The number of carbonyl (C=O) groups is 1. The molecule has 0 aromatic heterocycles. The molecule has 0 saturated carbocycles. The maximum Gasteiger partial charge on any atom is 0.254 e. The number of halogens is 2. The minimum Gasteiger partial charge on any atom is -0.395 e. The number of rotatable bonds is 6. The van der Waals surface area contributed by atoms with Gasteiger partial charge in [-0.2, -0.15) is 0 Å². The molecule has 0 fully saturated rings. The molecule has 0 unspecified atom stereocenters.